The lowest BCUT2D eigenvalue weighted by Gasteiger charge is -2.09. The molecule has 1 aliphatic rings. The minimum Gasteiger partial charge on any atom is -0.496 e. The van der Waals surface area contributed by atoms with Crippen molar-refractivity contribution in [3.63, 3.8) is 0 Å². The van der Waals surface area contributed by atoms with Gasteiger partial charge in [0, 0.05) is 16.5 Å². The van der Waals surface area contributed by atoms with E-state index in [0.717, 1.165) is 28.3 Å². The topological polar surface area (TPSA) is 33.0 Å². The highest BCUT2D eigenvalue weighted by Gasteiger charge is 2.40. The fourth-order valence-corrected chi connectivity index (χ4v) is 1.99. The molecule has 0 aliphatic heterocycles. The Morgan fingerprint density at radius 2 is 2.27 bits per heavy atom. The highest BCUT2D eigenvalue weighted by molar-refractivity contribution is 6.31. The number of nitrogens with zero attached hydrogens (tertiary/aromatic N) is 1. The molecule has 0 radical (unpaired) electrons. The molecule has 0 bridgehead atoms. The van der Waals surface area contributed by atoms with Gasteiger partial charge in [-0.15, -0.1) is 0 Å². The molecule has 0 saturated heterocycles. The zero-order chi connectivity index (χ0) is 11.0. The largest absolute Gasteiger partial charge is 0.496 e. The van der Waals surface area contributed by atoms with Crippen molar-refractivity contribution in [2.45, 2.75) is 19.3 Å². The standard InChI is InChI=1S/C12H12ClNO/c1-7-3-12(15-2)10(5-11(7)13)9-4-8(9)6-14/h3,5,8-9H,4H2,1-2H3. The van der Waals surface area contributed by atoms with E-state index in [-0.39, 0.29) is 5.92 Å². The van der Waals surface area contributed by atoms with Gasteiger partial charge in [-0.2, -0.15) is 5.26 Å². The van der Waals surface area contributed by atoms with Crippen LogP contribution in [0.3, 0.4) is 0 Å². The van der Waals surface area contributed by atoms with E-state index in [2.05, 4.69) is 6.07 Å². The van der Waals surface area contributed by atoms with Crippen molar-refractivity contribution < 1.29 is 4.74 Å². The smallest absolute Gasteiger partial charge is 0.122 e. The predicted molar refractivity (Wildman–Crippen MR) is 59.2 cm³/mol. The summed E-state index contributed by atoms with van der Waals surface area (Å²) < 4.78 is 5.31. The second-order valence-electron chi connectivity index (χ2n) is 3.92. The van der Waals surface area contributed by atoms with Crippen LogP contribution in [0.4, 0.5) is 0 Å². The van der Waals surface area contributed by atoms with Gasteiger partial charge < -0.3 is 4.74 Å². The predicted octanol–water partition coefficient (Wildman–Crippen LogP) is 3.28. The normalized spacial score (nSPS) is 23.3. The zero-order valence-electron chi connectivity index (χ0n) is 8.75. The van der Waals surface area contributed by atoms with E-state index in [0.29, 0.717) is 5.92 Å². The average Bonchev–Trinajstić information content (AvgIpc) is 3.00. The zero-order valence-corrected chi connectivity index (χ0v) is 9.51. The molecule has 0 heterocycles. The second kappa shape index (κ2) is 3.75. The number of ether oxygens (including phenoxy) is 1. The Hall–Kier alpha value is -1.20. The van der Waals surface area contributed by atoms with Gasteiger partial charge in [-0.05, 0) is 31.0 Å². The van der Waals surface area contributed by atoms with Crippen LogP contribution in [-0.4, -0.2) is 7.11 Å². The van der Waals surface area contributed by atoms with Crippen molar-refractivity contribution in [3.8, 4) is 11.8 Å². The Morgan fingerprint density at radius 1 is 1.53 bits per heavy atom. The van der Waals surface area contributed by atoms with E-state index in [1.807, 2.05) is 19.1 Å². The van der Waals surface area contributed by atoms with E-state index < -0.39 is 0 Å². The summed E-state index contributed by atoms with van der Waals surface area (Å²) in [5, 5.41) is 9.55. The molecule has 0 N–H and O–H groups in total. The number of methoxy groups -OCH3 is 1. The van der Waals surface area contributed by atoms with Gasteiger partial charge >= 0.3 is 0 Å². The quantitative estimate of drug-likeness (QED) is 0.768. The lowest BCUT2D eigenvalue weighted by molar-refractivity contribution is 0.409. The lowest BCUT2D eigenvalue weighted by atomic mass is 10.1. The van der Waals surface area contributed by atoms with E-state index in [1.54, 1.807) is 7.11 Å². The Kier molecular flexibility index (Phi) is 2.58. The molecule has 2 rings (SSSR count). The molecule has 2 atom stereocenters. The van der Waals surface area contributed by atoms with Gasteiger partial charge in [0.2, 0.25) is 0 Å². The van der Waals surface area contributed by atoms with Crippen molar-refractivity contribution in [1.82, 2.24) is 0 Å². The molecule has 0 spiro atoms. The van der Waals surface area contributed by atoms with Crippen molar-refractivity contribution in [1.29, 1.82) is 5.26 Å². The van der Waals surface area contributed by atoms with E-state index in [9.17, 15) is 0 Å². The highest BCUT2D eigenvalue weighted by Crippen LogP contribution is 2.50. The highest BCUT2D eigenvalue weighted by atomic mass is 35.5. The molecule has 78 valence electrons. The monoisotopic (exact) mass is 221 g/mol. The minimum atomic E-state index is 0.137. The third-order valence-electron chi connectivity index (χ3n) is 2.87. The number of hydrogen-bond donors (Lipinski definition) is 0. The van der Waals surface area contributed by atoms with Gasteiger partial charge in [0.05, 0.1) is 19.1 Å². The maximum absolute atomic E-state index is 8.80. The molecule has 2 unspecified atom stereocenters. The Labute approximate surface area is 94.4 Å². The van der Waals surface area contributed by atoms with Crippen molar-refractivity contribution in [2.24, 2.45) is 5.92 Å². The Balaban J connectivity index is 2.39. The van der Waals surface area contributed by atoms with Gasteiger partial charge in [-0.1, -0.05) is 11.6 Å². The molecular formula is C12H12ClNO. The summed E-state index contributed by atoms with van der Waals surface area (Å²) in [6, 6.07) is 6.14. The SMILES string of the molecule is COc1cc(C)c(Cl)cc1C1CC1C#N. The van der Waals surface area contributed by atoms with Crippen LogP contribution < -0.4 is 4.74 Å². The summed E-state index contributed by atoms with van der Waals surface area (Å²) in [5.41, 5.74) is 2.08. The molecule has 15 heavy (non-hydrogen) atoms. The van der Waals surface area contributed by atoms with Crippen LogP contribution in [0.15, 0.2) is 12.1 Å². The fourth-order valence-electron chi connectivity index (χ4n) is 1.82. The molecule has 1 aromatic rings. The van der Waals surface area contributed by atoms with Crippen molar-refractivity contribution in [3.05, 3.63) is 28.3 Å². The molecule has 1 fully saturated rings. The minimum absolute atomic E-state index is 0.137. The van der Waals surface area contributed by atoms with E-state index in [1.165, 1.54) is 0 Å². The summed E-state index contributed by atoms with van der Waals surface area (Å²) in [6.07, 6.45) is 0.923. The average molecular weight is 222 g/mol. The first-order chi connectivity index (χ1) is 7.17. The Bertz CT molecular complexity index is 436. The third kappa shape index (κ3) is 1.80. The van der Waals surface area contributed by atoms with Gasteiger partial charge in [-0.25, -0.2) is 0 Å². The molecule has 2 nitrogen and oxygen atoms in total. The number of aryl methyl sites for hydroxylation is 1. The molecular weight excluding hydrogens is 210 g/mol. The summed E-state index contributed by atoms with van der Waals surface area (Å²) in [6.45, 7) is 1.95. The molecule has 1 aliphatic carbocycles. The summed E-state index contributed by atoms with van der Waals surface area (Å²) in [7, 11) is 1.65. The van der Waals surface area contributed by atoms with Crippen molar-refractivity contribution in [2.75, 3.05) is 7.11 Å². The third-order valence-corrected chi connectivity index (χ3v) is 3.27. The number of nitriles is 1. The molecule has 0 amide bonds. The molecule has 3 heteroatoms. The molecule has 1 saturated carbocycles. The molecule has 1 aromatic carbocycles. The summed E-state index contributed by atoms with van der Waals surface area (Å²) in [5.74, 6) is 1.29. The van der Waals surface area contributed by atoms with Crippen LogP contribution in [-0.2, 0) is 0 Å². The van der Waals surface area contributed by atoms with Gasteiger partial charge in [0.15, 0.2) is 0 Å². The molecule has 0 aromatic heterocycles. The Morgan fingerprint density at radius 3 is 2.80 bits per heavy atom. The first-order valence-corrected chi connectivity index (χ1v) is 5.28. The van der Waals surface area contributed by atoms with Crippen LogP contribution in [0.25, 0.3) is 0 Å². The van der Waals surface area contributed by atoms with E-state index >= 15 is 0 Å². The van der Waals surface area contributed by atoms with Crippen molar-refractivity contribution >= 4 is 11.6 Å². The number of rotatable bonds is 2. The second-order valence-corrected chi connectivity index (χ2v) is 4.33. The maximum Gasteiger partial charge on any atom is 0.122 e. The summed E-state index contributed by atoms with van der Waals surface area (Å²) >= 11 is 6.07. The van der Waals surface area contributed by atoms with Crippen LogP contribution in [0.5, 0.6) is 5.75 Å². The lowest BCUT2D eigenvalue weighted by Crippen LogP contribution is -1.93. The van der Waals surface area contributed by atoms with Crippen LogP contribution >= 0.6 is 11.6 Å². The van der Waals surface area contributed by atoms with Crippen LogP contribution in [0.1, 0.15) is 23.5 Å². The van der Waals surface area contributed by atoms with Gasteiger partial charge in [-0.3, -0.25) is 0 Å². The number of hydrogen-bond acceptors (Lipinski definition) is 2. The van der Waals surface area contributed by atoms with E-state index in [4.69, 9.17) is 21.6 Å². The van der Waals surface area contributed by atoms with Gasteiger partial charge in [0.1, 0.15) is 5.75 Å². The van der Waals surface area contributed by atoms with Crippen LogP contribution in [0.2, 0.25) is 5.02 Å². The number of benzene rings is 1. The van der Waals surface area contributed by atoms with Crippen LogP contribution in [0, 0.1) is 24.2 Å². The maximum atomic E-state index is 8.80. The fraction of sp³-hybridized carbons (Fsp3) is 0.417. The first kappa shape index (κ1) is 10.3. The number of halogens is 1. The first-order valence-electron chi connectivity index (χ1n) is 4.91. The van der Waals surface area contributed by atoms with Gasteiger partial charge in [0.25, 0.3) is 0 Å². The summed E-state index contributed by atoms with van der Waals surface area (Å²) in [4.78, 5) is 0.